The summed E-state index contributed by atoms with van der Waals surface area (Å²) in [5.74, 6) is 3.05. The molecule has 6 nitrogen and oxygen atoms in total. The minimum absolute atomic E-state index is 0.317. The first kappa shape index (κ1) is 27.2. The molecule has 3 aromatic carbocycles. The molecule has 7 heteroatoms. The molecule has 0 aromatic heterocycles. The van der Waals surface area contributed by atoms with E-state index in [0.29, 0.717) is 18.3 Å². The number of ether oxygens (including phenoxy) is 4. The lowest BCUT2D eigenvalue weighted by molar-refractivity contribution is 0.174. The third kappa shape index (κ3) is 6.13. The Morgan fingerprint density at radius 3 is 2.38 bits per heavy atom. The molecule has 0 saturated carbocycles. The molecule has 0 amide bonds. The summed E-state index contributed by atoms with van der Waals surface area (Å²) in [7, 11) is 3.27. The number of methoxy groups -OCH3 is 2. The zero-order valence-electron chi connectivity index (χ0n) is 23.0. The van der Waals surface area contributed by atoms with E-state index in [9.17, 15) is 5.26 Å². The average molecular weight is 545 g/mol. The molecule has 0 N–H and O–H groups in total. The molecule has 204 valence electrons. The van der Waals surface area contributed by atoms with Gasteiger partial charge in [0.2, 0.25) is 6.79 Å². The minimum atomic E-state index is -0.721. The minimum Gasteiger partial charge on any atom is -0.493 e. The van der Waals surface area contributed by atoms with Crippen molar-refractivity contribution in [3.05, 3.63) is 76.9 Å². The Labute approximate surface area is 235 Å². The highest BCUT2D eigenvalue weighted by Gasteiger charge is 2.34. The molecule has 1 atom stereocenters. The Morgan fingerprint density at radius 1 is 0.923 bits per heavy atom. The van der Waals surface area contributed by atoms with Crippen LogP contribution in [0.4, 0.5) is 0 Å². The molecule has 0 fully saturated rings. The molecule has 5 rings (SSSR count). The number of nitrogens with zero attached hydrogens (tertiary/aromatic N) is 2. The van der Waals surface area contributed by atoms with Gasteiger partial charge in [-0.1, -0.05) is 48.4 Å². The molecule has 0 bridgehead atoms. The number of aryl methyl sites for hydroxylation is 1. The summed E-state index contributed by atoms with van der Waals surface area (Å²) in [6.45, 7) is 5.45. The highest BCUT2D eigenvalue weighted by atomic mass is 32.2. The molecule has 0 spiro atoms. The molecular weight excluding hydrogens is 508 g/mol. The van der Waals surface area contributed by atoms with Crippen LogP contribution in [0, 0.1) is 18.3 Å². The smallest absolute Gasteiger partial charge is 0.231 e. The quantitative estimate of drug-likeness (QED) is 0.193. The van der Waals surface area contributed by atoms with Crippen LogP contribution in [0.1, 0.15) is 47.9 Å². The predicted molar refractivity (Wildman–Crippen MR) is 154 cm³/mol. The van der Waals surface area contributed by atoms with E-state index in [1.54, 1.807) is 26.0 Å². The Balaban J connectivity index is 1.23. The maximum absolute atomic E-state index is 10.6. The molecule has 1 unspecified atom stereocenters. The number of fused-ring (bicyclic) bond motifs is 2. The van der Waals surface area contributed by atoms with Crippen molar-refractivity contribution in [2.75, 3.05) is 34.1 Å². The summed E-state index contributed by atoms with van der Waals surface area (Å²) in [6.07, 6.45) is 4.92. The summed E-state index contributed by atoms with van der Waals surface area (Å²) < 4.78 is 21.4. The number of benzene rings is 3. The van der Waals surface area contributed by atoms with Gasteiger partial charge in [-0.25, -0.2) is 0 Å². The molecular formula is C32H36N2O4S. The Kier molecular flexibility index (Phi) is 8.54. The van der Waals surface area contributed by atoms with Crippen LogP contribution < -0.4 is 18.9 Å². The van der Waals surface area contributed by atoms with Crippen molar-refractivity contribution < 1.29 is 18.9 Å². The fourth-order valence-electron chi connectivity index (χ4n) is 5.37. The molecule has 2 heterocycles. The van der Waals surface area contributed by atoms with Crippen molar-refractivity contribution in [2.45, 2.75) is 55.2 Å². The van der Waals surface area contributed by atoms with Crippen molar-refractivity contribution in [3.8, 4) is 29.1 Å². The number of rotatable bonds is 11. The van der Waals surface area contributed by atoms with E-state index in [1.165, 1.54) is 16.7 Å². The number of hydrogen-bond acceptors (Lipinski definition) is 7. The third-order valence-corrected chi connectivity index (χ3v) is 9.02. The van der Waals surface area contributed by atoms with Crippen LogP contribution in [0.15, 0.2) is 59.5 Å². The zero-order chi connectivity index (χ0) is 27.2. The van der Waals surface area contributed by atoms with E-state index in [-0.39, 0.29) is 0 Å². The van der Waals surface area contributed by atoms with Gasteiger partial charge in [0.1, 0.15) is 4.75 Å². The van der Waals surface area contributed by atoms with E-state index < -0.39 is 4.75 Å². The predicted octanol–water partition coefficient (Wildman–Crippen LogP) is 6.87. The average Bonchev–Trinajstić information content (AvgIpc) is 3.43. The molecule has 0 saturated heterocycles. The first-order valence-electron chi connectivity index (χ1n) is 13.6. The van der Waals surface area contributed by atoms with Gasteiger partial charge in [0.05, 0.1) is 20.3 Å². The molecule has 39 heavy (non-hydrogen) atoms. The molecule has 0 radical (unpaired) electrons. The summed E-state index contributed by atoms with van der Waals surface area (Å²) in [5, 5.41) is 10.6. The Bertz CT molecular complexity index is 1340. The first-order valence-corrected chi connectivity index (χ1v) is 14.4. The first-order chi connectivity index (χ1) is 19.0. The highest BCUT2D eigenvalue weighted by Crippen LogP contribution is 2.47. The number of unbranched alkanes of at least 4 members (excludes halogenated alkanes) is 2. The van der Waals surface area contributed by atoms with E-state index in [4.69, 9.17) is 18.9 Å². The summed E-state index contributed by atoms with van der Waals surface area (Å²) in [4.78, 5) is 3.61. The van der Waals surface area contributed by atoms with Gasteiger partial charge in [0, 0.05) is 18.0 Å². The van der Waals surface area contributed by atoms with Crippen LogP contribution in [0.5, 0.6) is 23.0 Å². The zero-order valence-corrected chi connectivity index (χ0v) is 23.8. The van der Waals surface area contributed by atoms with Gasteiger partial charge in [0.25, 0.3) is 0 Å². The maximum atomic E-state index is 10.6. The highest BCUT2D eigenvalue weighted by molar-refractivity contribution is 8.00. The van der Waals surface area contributed by atoms with Crippen LogP contribution in [-0.2, 0) is 17.7 Å². The van der Waals surface area contributed by atoms with Crippen LogP contribution in [0.3, 0.4) is 0 Å². The normalized spacial score (nSPS) is 15.7. The standard InChI is InChI=1S/C32H36N2O4S/c1-23-7-10-27(11-8-23)39-32(21-33,26-9-12-28(35-2)29(19-26)36-3)14-5-4-6-15-34-16-13-24-17-30-31(38-22-37-30)18-25(24)20-34/h7-12,17-19H,4-6,13-16,20,22H2,1-3H3. The van der Waals surface area contributed by atoms with E-state index in [2.05, 4.69) is 54.3 Å². The van der Waals surface area contributed by atoms with E-state index >= 15 is 0 Å². The second-order valence-corrected chi connectivity index (χ2v) is 11.6. The summed E-state index contributed by atoms with van der Waals surface area (Å²) >= 11 is 1.63. The number of hydrogen-bond donors (Lipinski definition) is 0. The SMILES string of the molecule is COc1ccc(C(C#N)(CCCCCN2CCc3cc4c(cc3C2)OCO4)Sc2ccc(C)cc2)cc1OC. The third-order valence-electron chi connectivity index (χ3n) is 7.63. The molecule has 3 aromatic rings. The second-order valence-electron chi connectivity index (χ2n) is 10.2. The molecule has 2 aliphatic heterocycles. The Morgan fingerprint density at radius 2 is 1.67 bits per heavy atom. The van der Waals surface area contributed by atoms with Crippen molar-refractivity contribution >= 4 is 11.8 Å². The fourth-order valence-corrected chi connectivity index (χ4v) is 6.59. The maximum Gasteiger partial charge on any atom is 0.231 e. The van der Waals surface area contributed by atoms with Crippen LogP contribution in [-0.4, -0.2) is 39.0 Å². The van der Waals surface area contributed by atoms with Crippen LogP contribution in [0.2, 0.25) is 0 Å². The number of thioether (sulfide) groups is 1. The molecule has 2 aliphatic rings. The van der Waals surface area contributed by atoms with Gasteiger partial charge < -0.3 is 18.9 Å². The van der Waals surface area contributed by atoms with Crippen molar-refractivity contribution in [2.24, 2.45) is 0 Å². The van der Waals surface area contributed by atoms with Crippen molar-refractivity contribution in [3.63, 3.8) is 0 Å². The fraction of sp³-hybridized carbons (Fsp3) is 0.406. The van der Waals surface area contributed by atoms with Gasteiger partial charge in [-0.2, -0.15) is 5.26 Å². The van der Waals surface area contributed by atoms with Gasteiger partial charge in [0.15, 0.2) is 23.0 Å². The number of nitriles is 1. The lowest BCUT2D eigenvalue weighted by Crippen LogP contribution is -2.31. The summed E-state index contributed by atoms with van der Waals surface area (Å²) in [6, 6.07) is 21.3. The van der Waals surface area contributed by atoms with Gasteiger partial charge in [-0.15, -0.1) is 0 Å². The lowest BCUT2D eigenvalue weighted by atomic mass is 9.92. The van der Waals surface area contributed by atoms with Crippen LogP contribution in [0.25, 0.3) is 0 Å². The van der Waals surface area contributed by atoms with Gasteiger partial charge >= 0.3 is 0 Å². The van der Waals surface area contributed by atoms with Crippen molar-refractivity contribution in [1.82, 2.24) is 4.90 Å². The Hall–Kier alpha value is -3.34. The topological polar surface area (TPSA) is 64.0 Å². The molecule has 0 aliphatic carbocycles. The monoisotopic (exact) mass is 544 g/mol. The lowest BCUT2D eigenvalue weighted by Gasteiger charge is -2.29. The van der Waals surface area contributed by atoms with Gasteiger partial charge in [-0.05, 0) is 85.8 Å². The second kappa shape index (κ2) is 12.2. The van der Waals surface area contributed by atoms with Gasteiger partial charge in [-0.3, -0.25) is 4.90 Å². The largest absolute Gasteiger partial charge is 0.493 e. The van der Waals surface area contributed by atoms with E-state index in [1.807, 2.05) is 18.2 Å². The van der Waals surface area contributed by atoms with Crippen LogP contribution >= 0.6 is 11.8 Å². The summed E-state index contributed by atoms with van der Waals surface area (Å²) in [5.41, 5.74) is 4.87. The van der Waals surface area contributed by atoms with E-state index in [0.717, 1.165) is 73.7 Å². The van der Waals surface area contributed by atoms with Crippen molar-refractivity contribution in [1.29, 1.82) is 5.26 Å².